The second-order valence-electron chi connectivity index (χ2n) is 8.40. The Bertz CT molecular complexity index is 1050. The van der Waals surface area contributed by atoms with Crippen molar-refractivity contribution < 1.29 is 22.7 Å². The Labute approximate surface area is 195 Å². The molecule has 2 aliphatic heterocycles. The fourth-order valence-electron chi connectivity index (χ4n) is 4.17. The van der Waals surface area contributed by atoms with Gasteiger partial charge >= 0.3 is 0 Å². The van der Waals surface area contributed by atoms with E-state index in [-0.39, 0.29) is 23.5 Å². The summed E-state index contributed by atoms with van der Waals surface area (Å²) in [6.45, 7) is 4.43. The number of carbonyl (C=O) groups excluding carboxylic acids is 1. The van der Waals surface area contributed by atoms with Gasteiger partial charge in [0.2, 0.25) is 10.0 Å². The molecule has 0 aromatic heterocycles. The van der Waals surface area contributed by atoms with Crippen molar-refractivity contribution in [3.63, 3.8) is 0 Å². The second-order valence-corrected chi connectivity index (χ2v) is 10.2. The van der Waals surface area contributed by atoms with Crippen molar-refractivity contribution in [2.75, 3.05) is 51.4 Å². The molecule has 178 valence electrons. The standard InChI is InChI=1S/C24H31N3O5S/c1-26(18-20-5-2-3-7-23(20)27-12-15-31-16-13-27)24(28)19-8-10-22(11-9-19)33(29,30)25-17-21-6-4-14-32-21/h2-3,5,7-11,21,25H,4,6,12-18H2,1H3. The minimum atomic E-state index is -3.65. The normalized spacial score (nSPS) is 18.9. The van der Waals surface area contributed by atoms with E-state index in [4.69, 9.17) is 9.47 Å². The van der Waals surface area contributed by atoms with E-state index in [9.17, 15) is 13.2 Å². The van der Waals surface area contributed by atoms with Gasteiger partial charge in [-0.1, -0.05) is 18.2 Å². The van der Waals surface area contributed by atoms with Gasteiger partial charge in [-0.05, 0) is 48.7 Å². The molecule has 0 radical (unpaired) electrons. The summed E-state index contributed by atoms with van der Waals surface area (Å²) in [7, 11) is -1.89. The number of nitrogens with zero attached hydrogens (tertiary/aromatic N) is 2. The van der Waals surface area contributed by atoms with E-state index in [1.807, 2.05) is 18.2 Å². The lowest BCUT2D eigenvalue weighted by molar-refractivity contribution is 0.0784. The van der Waals surface area contributed by atoms with Crippen LogP contribution in [-0.4, -0.2) is 71.8 Å². The van der Waals surface area contributed by atoms with E-state index in [0.717, 1.165) is 37.2 Å². The number of ether oxygens (including phenoxy) is 2. The third-order valence-corrected chi connectivity index (χ3v) is 7.47. The molecular formula is C24H31N3O5S. The van der Waals surface area contributed by atoms with E-state index in [0.29, 0.717) is 31.9 Å². The highest BCUT2D eigenvalue weighted by molar-refractivity contribution is 7.89. The van der Waals surface area contributed by atoms with Crippen LogP contribution in [0.4, 0.5) is 5.69 Å². The van der Waals surface area contributed by atoms with Gasteiger partial charge in [-0.2, -0.15) is 0 Å². The lowest BCUT2D eigenvalue weighted by Gasteiger charge is -2.31. The van der Waals surface area contributed by atoms with E-state index >= 15 is 0 Å². The number of sulfonamides is 1. The van der Waals surface area contributed by atoms with Crippen LogP contribution in [0.3, 0.4) is 0 Å². The zero-order valence-corrected chi connectivity index (χ0v) is 19.7. The summed E-state index contributed by atoms with van der Waals surface area (Å²) >= 11 is 0. The average Bonchev–Trinajstić information content (AvgIpc) is 3.37. The molecule has 0 saturated carbocycles. The minimum absolute atomic E-state index is 0.0744. The first-order chi connectivity index (χ1) is 15.9. The highest BCUT2D eigenvalue weighted by Gasteiger charge is 2.22. The monoisotopic (exact) mass is 473 g/mol. The van der Waals surface area contributed by atoms with Gasteiger partial charge in [-0.15, -0.1) is 0 Å². The Morgan fingerprint density at radius 2 is 1.82 bits per heavy atom. The van der Waals surface area contributed by atoms with Crippen LogP contribution in [0.15, 0.2) is 53.4 Å². The Kier molecular flexibility index (Phi) is 7.64. The molecule has 1 amide bonds. The van der Waals surface area contributed by atoms with Crippen LogP contribution in [-0.2, 0) is 26.0 Å². The zero-order valence-electron chi connectivity index (χ0n) is 18.9. The molecule has 2 heterocycles. The number of morpholine rings is 1. The quantitative estimate of drug-likeness (QED) is 0.633. The minimum Gasteiger partial charge on any atom is -0.378 e. The van der Waals surface area contributed by atoms with Crippen LogP contribution in [0.1, 0.15) is 28.8 Å². The number of nitrogens with one attached hydrogen (secondary N) is 1. The molecule has 2 saturated heterocycles. The molecule has 0 spiro atoms. The molecule has 2 aliphatic rings. The first kappa shape index (κ1) is 23.7. The van der Waals surface area contributed by atoms with Crippen molar-refractivity contribution in [3.05, 3.63) is 59.7 Å². The summed E-state index contributed by atoms with van der Waals surface area (Å²) < 4.78 is 38.6. The summed E-state index contributed by atoms with van der Waals surface area (Å²) in [6.07, 6.45) is 1.74. The molecule has 2 fully saturated rings. The van der Waals surface area contributed by atoms with E-state index in [1.165, 1.54) is 12.1 Å². The third-order valence-electron chi connectivity index (χ3n) is 6.03. The zero-order chi connectivity index (χ0) is 23.3. The van der Waals surface area contributed by atoms with Crippen molar-refractivity contribution in [2.45, 2.75) is 30.4 Å². The summed E-state index contributed by atoms with van der Waals surface area (Å²) in [5.41, 5.74) is 2.62. The van der Waals surface area contributed by atoms with E-state index < -0.39 is 10.0 Å². The van der Waals surface area contributed by atoms with Gasteiger partial charge in [0.05, 0.1) is 24.2 Å². The van der Waals surface area contributed by atoms with Crippen molar-refractivity contribution >= 4 is 21.6 Å². The van der Waals surface area contributed by atoms with Gasteiger partial charge in [-0.3, -0.25) is 4.79 Å². The maximum Gasteiger partial charge on any atom is 0.253 e. The van der Waals surface area contributed by atoms with E-state index in [1.54, 1.807) is 24.1 Å². The number of para-hydroxylation sites is 1. The smallest absolute Gasteiger partial charge is 0.253 e. The number of hydrogen-bond acceptors (Lipinski definition) is 6. The van der Waals surface area contributed by atoms with Gasteiger partial charge in [0.15, 0.2) is 0 Å². The summed E-state index contributed by atoms with van der Waals surface area (Å²) in [4.78, 5) is 17.1. The van der Waals surface area contributed by atoms with E-state index in [2.05, 4.69) is 15.7 Å². The number of carbonyl (C=O) groups is 1. The largest absolute Gasteiger partial charge is 0.378 e. The molecule has 2 aromatic carbocycles. The first-order valence-corrected chi connectivity index (χ1v) is 12.8. The molecule has 4 rings (SSSR count). The van der Waals surface area contributed by atoms with Crippen molar-refractivity contribution in [3.8, 4) is 0 Å². The van der Waals surface area contributed by atoms with Gasteiger partial charge in [-0.25, -0.2) is 13.1 Å². The van der Waals surface area contributed by atoms with Gasteiger partial charge in [0.1, 0.15) is 0 Å². The lowest BCUT2D eigenvalue weighted by atomic mass is 10.1. The molecule has 9 heteroatoms. The number of rotatable bonds is 8. The van der Waals surface area contributed by atoms with Gasteiger partial charge < -0.3 is 19.3 Å². The fourth-order valence-corrected chi connectivity index (χ4v) is 5.24. The molecule has 0 bridgehead atoms. The Hall–Kier alpha value is -2.46. The second kappa shape index (κ2) is 10.6. The number of benzene rings is 2. The van der Waals surface area contributed by atoms with Gasteiger partial charge in [0, 0.05) is 51.1 Å². The lowest BCUT2D eigenvalue weighted by Crippen LogP contribution is -2.37. The van der Waals surface area contributed by atoms with Crippen molar-refractivity contribution in [1.29, 1.82) is 0 Å². The fraction of sp³-hybridized carbons (Fsp3) is 0.458. The Morgan fingerprint density at radius 3 is 2.52 bits per heavy atom. The average molecular weight is 474 g/mol. The van der Waals surface area contributed by atoms with Crippen LogP contribution in [0.2, 0.25) is 0 Å². The maximum atomic E-state index is 13.0. The molecule has 33 heavy (non-hydrogen) atoms. The summed E-state index contributed by atoms with van der Waals surface area (Å²) in [5, 5.41) is 0. The van der Waals surface area contributed by atoms with Crippen molar-refractivity contribution in [2.24, 2.45) is 0 Å². The number of hydrogen-bond donors (Lipinski definition) is 1. The predicted octanol–water partition coefficient (Wildman–Crippen LogP) is 2.25. The Balaban J connectivity index is 1.40. The SMILES string of the molecule is CN(Cc1ccccc1N1CCOCC1)C(=O)c1ccc(S(=O)(=O)NCC2CCCO2)cc1. The maximum absolute atomic E-state index is 13.0. The van der Waals surface area contributed by atoms with Crippen LogP contribution in [0.25, 0.3) is 0 Å². The number of amides is 1. The molecule has 1 N–H and O–H groups in total. The van der Waals surface area contributed by atoms with Crippen LogP contribution < -0.4 is 9.62 Å². The Morgan fingerprint density at radius 1 is 1.09 bits per heavy atom. The predicted molar refractivity (Wildman–Crippen MR) is 126 cm³/mol. The van der Waals surface area contributed by atoms with Crippen LogP contribution in [0.5, 0.6) is 0 Å². The first-order valence-electron chi connectivity index (χ1n) is 11.3. The van der Waals surface area contributed by atoms with Crippen LogP contribution in [0, 0.1) is 0 Å². The summed E-state index contributed by atoms with van der Waals surface area (Å²) in [6, 6.07) is 14.1. The molecule has 8 nitrogen and oxygen atoms in total. The highest BCUT2D eigenvalue weighted by atomic mass is 32.2. The number of anilines is 1. The molecule has 2 aromatic rings. The topological polar surface area (TPSA) is 88.2 Å². The van der Waals surface area contributed by atoms with Crippen LogP contribution >= 0.6 is 0 Å². The summed E-state index contributed by atoms with van der Waals surface area (Å²) in [5.74, 6) is -0.164. The molecule has 0 aliphatic carbocycles. The van der Waals surface area contributed by atoms with Crippen molar-refractivity contribution in [1.82, 2.24) is 9.62 Å². The van der Waals surface area contributed by atoms with Gasteiger partial charge in [0.25, 0.3) is 5.91 Å². The molecule has 1 unspecified atom stereocenters. The molecule has 1 atom stereocenters. The molecular weight excluding hydrogens is 442 g/mol. The third kappa shape index (κ3) is 5.92. The highest BCUT2D eigenvalue weighted by Crippen LogP contribution is 2.23.